The van der Waals surface area contributed by atoms with Gasteiger partial charge in [-0.15, -0.1) is 16.4 Å². The van der Waals surface area contributed by atoms with E-state index in [2.05, 4.69) is 10.3 Å². The number of rotatable bonds is 2. The molecule has 0 aliphatic heterocycles. The zero-order valence-electron chi connectivity index (χ0n) is 16.5. The first-order valence-electron chi connectivity index (χ1n) is 10.3. The third kappa shape index (κ3) is 2.98. The van der Waals surface area contributed by atoms with Crippen molar-refractivity contribution in [2.24, 2.45) is 0 Å². The Morgan fingerprint density at radius 2 is 1.74 bits per heavy atom. The summed E-state index contributed by atoms with van der Waals surface area (Å²) in [7, 11) is 0. The van der Waals surface area contributed by atoms with Crippen molar-refractivity contribution in [3.05, 3.63) is 81.2 Å². The monoisotopic (exact) mass is 444 g/mol. The minimum absolute atomic E-state index is 0.167. The minimum atomic E-state index is -0.167. The number of thiophene rings is 1. The van der Waals surface area contributed by atoms with Crippen LogP contribution in [0.4, 0.5) is 0 Å². The first kappa shape index (κ1) is 18.7. The lowest BCUT2D eigenvalue weighted by Gasteiger charge is -2.20. The fraction of sp³-hybridized carbons (Fsp3) is 0.167. The molecular weight excluding hydrogens is 428 g/mol. The first-order valence-corrected chi connectivity index (χ1v) is 11.5. The summed E-state index contributed by atoms with van der Waals surface area (Å²) in [6.07, 6.45) is 4.20. The van der Waals surface area contributed by atoms with E-state index in [-0.39, 0.29) is 5.56 Å². The van der Waals surface area contributed by atoms with Gasteiger partial charge in [0.05, 0.1) is 5.69 Å². The van der Waals surface area contributed by atoms with Crippen LogP contribution in [-0.4, -0.2) is 20.0 Å². The number of aryl methyl sites for hydroxylation is 1. The second-order valence-corrected chi connectivity index (χ2v) is 9.16. The second-order valence-electron chi connectivity index (χ2n) is 7.73. The number of benzene rings is 2. The highest BCUT2D eigenvalue weighted by Gasteiger charge is 2.24. The Labute approximate surface area is 186 Å². The molecular formula is C24H17ClN4OS. The molecule has 3 heterocycles. The molecule has 31 heavy (non-hydrogen) atoms. The molecule has 0 radical (unpaired) electrons. The van der Waals surface area contributed by atoms with Crippen molar-refractivity contribution in [1.29, 1.82) is 0 Å². The van der Waals surface area contributed by atoms with Crippen molar-refractivity contribution in [2.75, 3.05) is 0 Å². The summed E-state index contributed by atoms with van der Waals surface area (Å²) in [5.41, 5.74) is 5.74. The Balaban J connectivity index is 1.71. The van der Waals surface area contributed by atoms with Gasteiger partial charge in [0.15, 0.2) is 0 Å². The lowest BCUT2D eigenvalue weighted by atomic mass is 9.87. The molecule has 0 N–H and O–H groups in total. The fourth-order valence-electron chi connectivity index (χ4n) is 4.41. The average molecular weight is 445 g/mol. The highest BCUT2D eigenvalue weighted by Crippen LogP contribution is 2.42. The predicted octanol–water partition coefficient (Wildman–Crippen LogP) is 5.59. The molecule has 1 aliphatic carbocycles. The van der Waals surface area contributed by atoms with Crippen LogP contribution in [0, 0.1) is 0 Å². The number of aromatic nitrogens is 4. The van der Waals surface area contributed by atoms with E-state index in [1.54, 1.807) is 0 Å². The summed E-state index contributed by atoms with van der Waals surface area (Å²) < 4.78 is 1.94. The van der Waals surface area contributed by atoms with Gasteiger partial charge in [-0.3, -0.25) is 4.79 Å². The molecule has 1 aliphatic rings. The SMILES string of the molecule is O=c1c2sc3nc4c(c(-c5ccc(Cl)cc5)c3c2nnn1-c1ccccc1)CCCC4. The normalized spacial score (nSPS) is 13.6. The van der Waals surface area contributed by atoms with Crippen LogP contribution in [0.1, 0.15) is 24.1 Å². The van der Waals surface area contributed by atoms with E-state index < -0.39 is 0 Å². The predicted molar refractivity (Wildman–Crippen MR) is 125 cm³/mol. The van der Waals surface area contributed by atoms with Gasteiger partial charge in [0, 0.05) is 16.1 Å². The van der Waals surface area contributed by atoms with Gasteiger partial charge in [0.25, 0.3) is 5.56 Å². The lowest BCUT2D eigenvalue weighted by Crippen LogP contribution is -2.21. The van der Waals surface area contributed by atoms with Crippen molar-refractivity contribution in [3.8, 4) is 16.8 Å². The van der Waals surface area contributed by atoms with Crippen molar-refractivity contribution in [1.82, 2.24) is 20.0 Å². The molecule has 5 aromatic rings. The molecule has 0 spiro atoms. The number of nitrogens with zero attached hydrogens (tertiary/aromatic N) is 4. The quantitative estimate of drug-likeness (QED) is 0.356. The zero-order chi connectivity index (χ0) is 20.9. The smallest absolute Gasteiger partial charge is 0.266 e. The van der Waals surface area contributed by atoms with Crippen LogP contribution in [0.15, 0.2) is 59.4 Å². The molecule has 0 saturated heterocycles. The van der Waals surface area contributed by atoms with Crippen molar-refractivity contribution in [2.45, 2.75) is 25.7 Å². The van der Waals surface area contributed by atoms with Crippen LogP contribution in [-0.2, 0) is 12.8 Å². The molecule has 5 nitrogen and oxygen atoms in total. The molecule has 0 bridgehead atoms. The van der Waals surface area contributed by atoms with E-state index in [9.17, 15) is 4.79 Å². The summed E-state index contributed by atoms with van der Waals surface area (Å²) in [5, 5.41) is 10.4. The van der Waals surface area contributed by atoms with Crippen LogP contribution in [0.3, 0.4) is 0 Å². The van der Waals surface area contributed by atoms with Gasteiger partial charge in [-0.05, 0) is 66.6 Å². The average Bonchev–Trinajstić information content (AvgIpc) is 3.18. The van der Waals surface area contributed by atoms with Gasteiger partial charge in [0.1, 0.15) is 15.0 Å². The molecule has 2 aromatic carbocycles. The second kappa shape index (κ2) is 7.25. The van der Waals surface area contributed by atoms with Gasteiger partial charge < -0.3 is 0 Å². The van der Waals surface area contributed by atoms with Crippen LogP contribution in [0.2, 0.25) is 5.02 Å². The molecule has 0 amide bonds. The maximum absolute atomic E-state index is 13.3. The summed E-state index contributed by atoms with van der Waals surface area (Å²) in [5.74, 6) is 0. The zero-order valence-corrected chi connectivity index (χ0v) is 18.1. The highest BCUT2D eigenvalue weighted by molar-refractivity contribution is 7.25. The van der Waals surface area contributed by atoms with Crippen molar-refractivity contribution in [3.63, 3.8) is 0 Å². The fourth-order valence-corrected chi connectivity index (χ4v) is 5.60. The number of halogens is 1. The van der Waals surface area contributed by atoms with Gasteiger partial charge in [-0.25, -0.2) is 4.98 Å². The molecule has 152 valence electrons. The van der Waals surface area contributed by atoms with E-state index >= 15 is 0 Å². The minimum Gasteiger partial charge on any atom is -0.266 e. The van der Waals surface area contributed by atoms with E-state index in [4.69, 9.17) is 16.6 Å². The Bertz CT molecular complexity index is 1510. The molecule has 3 aromatic heterocycles. The third-order valence-electron chi connectivity index (χ3n) is 5.85. The molecule has 0 fully saturated rings. The van der Waals surface area contributed by atoms with Crippen LogP contribution < -0.4 is 5.56 Å². The highest BCUT2D eigenvalue weighted by atomic mass is 35.5. The number of para-hydroxylation sites is 1. The summed E-state index contributed by atoms with van der Waals surface area (Å²) >= 11 is 7.56. The molecule has 0 unspecified atom stereocenters. The summed E-state index contributed by atoms with van der Waals surface area (Å²) in [6.45, 7) is 0. The van der Waals surface area contributed by atoms with Gasteiger partial charge in [-0.2, -0.15) is 4.68 Å². The Hall–Kier alpha value is -3.09. The summed E-state index contributed by atoms with van der Waals surface area (Å²) in [4.78, 5) is 19.2. The number of fused-ring (bicyclic) bond motifs is 4. The third-order valence-corrected chi connectivity index (χ3v) is 7.16. The maximum atomic E-state index is 13.3. The van der Waals surface area contributed by atoms with E-state index in [1.807, 2.05) is 54.6 Å². The first-order chi connectivity index (χ1) is 15.2. The van der Waals surface area contributed by atoms with E-state index in [0.717, 1.165) is 52.7 Å². The van der Waals surface area contributed by atoms with Crippen molar-refractivity contribution < 1.29 is 0 Å². The molecule has 7 heteroatoms. The van der Waals surface area contributed by atoms with Crippen LogP contribution >= 0.6 is 22.9 Å². The van der Waals surface area contributed by atoms with Gasteiger partial charge >= 0.3 is 0 Å². The maximum Gasteiger partial charge on any atom is 0.292 e. The molecule has 0 atom stereocenters. The van der Waals surface area contributed by atoms with Gasteiger partial charge in [-0.1, -0.05) is 47.1 Å². The number of hydrogen-bond acceptors (Lipinski definition) is 5. The van der Waals surface area contributed by atoms with Crippen LogP contribution in [0.25, 0.3) is 37.2 Å². The van der Waals surface area contributed by atoms with E-state index in [0.29, 0.717) is 20.9 Å². The van der Waals surface area contributed by atoms with E-state index in [1.165, 1.54) is 21.6 Å². The Kier molecular flexibility index (Phi) is 4.37. The van der Waals surface area contributed by atoms with Crippen LogP contribution in [0.5, 0.6) is 0 Å². The summed E-state index contributed by atoms with van der Waals surface area (Å²) in [6, 6.07) is 17.3. The Morgan fingerprint density at radius 1 is 0.968 bits per heavy atom. The van der Waals surface area contributed by atoms with Crippen molar-refractivity contribution >= 4 is 43.4 Å². The topological polar surface area (TPSA) is 60.7 Å². The number of hydrogen-bond donors (Lipinski definition) is 0. The van der Waals surface area contributed by atoms with Gasteiger partial charge in [0.2, 0.25) is 0 Å². The Morgan fingerprint density at radius 3 is 2.55 bits per heavy atom. The lowest BCUT2D eigenvalue weighted by molar-refractivity contribution is 0.673. The standard InChI is InChI=1S/C24H17ClN4OS/c25-15-12-10-14(11-13-15)19-17-8-4-5-9-18(17)26-23-20(19)21-22(31-23)24(30)29(28-27-21)16-6-2-1-3-7-16/h1-3,6-7,10-13H,4-5,8-9H2. The molecule has 6 rings (SSSR count). The molecule has 0 saturated carbocycles. The number of pyridine rings is 1. The largest absolute Gasteiger partial charge is 0.292 e.